The molecule has 1 amide bonds. The molecule has 0 spiro atoms. The van der Waals surface area contributed by atoms with E-state index in [4.69, 9.17) is 9.15 Å². The van der Waals surface area contributed by atoms with Crippen molar-refractivity contribution in [3.63, 3.8) is 0 Å². The van der Waals surface area contributed by atoms with E-state index in [-0.39, 0.29) is 40.4 Å². The molecule has 220 valence electrons. The number of aromatic carboxylic acids is 1. The van der Waals surface area contributed by atoms with E-state index in [1.807, 2.05) is 0 Å². The fraction of sp³-hybridized carbons (Fsp3) is 0.226. The van der Waals surface area contributed by atoms with Crippen LogP contribution in [0, 0.1) is 6.92 Å². The van der Waals surface area contributed by atoms with Crippen LogP contribution in [0.4, 0.5) is 18.9 Å². The smallest absolute Gasteiger partial charge is 0.435 e. The lowest BCUT2D eigenvalue weighted by molar-refractivity contribution is -0.142. The molecule has 0 radical (unpaired) electrons. The second-order valence-corrected chi connectivity index (χ2v) is 10.2. The van der Waals surface area contributed by atoms with Gasteiger partial charge in [-0.2, -0.15) is 18.3 Å². The zero-order valence-corrected chi connectivity index (χ0v) is 23.1. The van der Waals surface area contributed by atoms with Gasteiger partial charge in [-0.3, -0.25) is 4.79 Å². The molecular formula is C31H25F3N4O5. The predicted molar refractivity (Wildman–Crippen MR) is 150 cm³/mol. The maximum Gasteiger partial charge on any atom is 0.435 e. The van der Waals surface area contributed by atoms with E-state index in [9.17, 15) is 27.9 Å². The van der Waals surface area contributed by atoms with E-state index in [1.165, 1.54) is 39.9 Å². The Hall–Kier alpha value is -5.13. The summed E-state index contributed by atoms with van der Waals surface area (Å²) in [4.78, 5) is 30.4. The van der Waals surface area contributed by atoms with Gasteiger partial charge in [-0.05, 0) is 73.9 Å². The normalized spacial score (nSPS) is 14.9. The number of benzene rings is 3. The second-order valence-electron chi connectivity index (χ2n) is 10.2. The Labute approximate surface area is 243 Å². The average Bonchev–Trinajstić information content (AvgIpc) is 3.57. The zero-order chi connectivity index (χ0) is 30.5. The number of ether oxygens (including phenoxy) is 1. The van der Waals surface area contributed by atoms with Crippen molar-refractivity contribution >= 4 is 28.7 Å². The Morgan fingerprint density at radius 3 is 2.56 bits per heavy atom. The summed E-state index contributed by atoms with van der Waals surface area (Å²) in [7, 11) is 1.59. The van der Waals surface area contributed by atoms with Gasteiger partial charge >= 0.3 is 12.1 Å². The van der Waals surface area contributed by atoms with Gasteiger partial charge in [0, 0.05) is 36.9 Å². The number of halogens is 3. The fourth-order valence-corrected chi connectivity index (χ4v) is 5.34. The molecule has 1 aliphatic rings. The molecule has 3 aromatic carbocycles. The van der Waals surface area contributed by atoms with Crippen molar-refractivity contribution in [2.45, 2.75) is 38.5 Å². The molecule has 1 N–H and O–H groups in total. The molecule has 9 nitrogen and oxygen atoms in total. The van der Waals surface area contributed by atoms with Gasteiger partial charge in [0.05, 0.1) is 16.9 Å². The third-order valence-electron chi connectivity index (χ3n) is 7.38. The zero-order valence-electron chi connectivity index (χ0n) is 23.1. The van der Waals surface area contributed by atoms with Crippen LogP contribution in [0.15, 0.2) is 71.1 Å². The molecule has 0 aliphatic heterocycles. The number of nitrogens with zero attached hydrogens (tertiary/aromatic N) is 4. The summed E-state index contributed by atoms with van der Waals surface area (Å²) in [5.74, 6) is -0.684. The molecule has 0 saturated heterocycles. The van der Waals surface area contributed by atoms with Gasteiger partial charge in [-0.15, -0.1) is 0 Å². The van der Waals surface area contributed by atoms with Gasteiger partial charge in [0.1, 0.15) is 17.4 Å². The number of oxazole rings is 1. The van der Waals surface area contributed by atoms with Crippen molar-refractivity contribution in [3.05, 3.63) is 101 Å². The van der Waals surface area contributed by atoms with Gasteiger partial charge in [-0.25, -0.2) is 14.5 Å². The van der Waals surface area contributed by atoms with E-state index in [2.05, 4.69) is 10.1 Å². The second kappa shape index (κ2) is 10.6. The molecule has 0 saturated carbocycles. The number of aromatic nitrogens is 3. The van der Waals surface area contributed by atoms with Crippen LogP contribution in [0.1, 0.15) is 62.5 Å². The lowest BCUT2D eigenvalue weighted by Crippen LogP contribution is -2.26. The molecule has 1 aliphatic carbocycles. The minimum atomic E-state index is -4.70. The Kier molecular flexibility index (Phi) is 6.91. The van der Waals surface area contributed by atoms with Crippen molar-refractivity contribution in [2.75, 3.05) is 11.9 Å². The number of rotatable bonds is 6. The number of alkyl halides is 3. The molecule has 2 aromatic heterocycles. The maximum atomic E-state index is 14.1. The number of amides is 1. The monoisotopic (exact) mass is 590 g/mol. The highest BCUT2D eigenvalue weighted by molar-refractivity contribution is 6.06. The van der Waals surface area contributed by atoms with Crippen LogP contribution >= 0.6 is 0 Å². The van der Waals surface area contributed by atoms with Crippen LogP contribution < -0.4 is 9.64 Å². The predicted octanol–water partition coefficient (Wildman–Crippen LogP) is 6.77. The summed E-state index contributed by atoms with van der Waals surface area (Å²) >= 11 is 0. The lowest BCUT2D eigenvalue weighted by Gasteiger charge is -2.26. The molecule has 0 bridgehead atoms. The number of carbonyl (C=O) groups excluding carboxylic acids is 1. The maximum absolute atomic E-state index is 14.1. The largest absolute Gasteiger partial charge is 0.484 e. The Balaban J connectivity index is 1.37. The highest BCUT2D eigenvalue weighted by Gasteiger charge is 2.42. The van der Waals surface area contributed by atoms with E-state index >= 15 is 0 Å². The SMILES string of the molecule is Cc1nc2ccc(N(C)C(=O)c3cccc(-n4nc(C(F)(F)F)c5c4[C@@H](Oc4ccc(C(=O)O)cc4)CCC5)c3)cc2o1. The minimum absolute atomic E-state index is 0.0374. The van der Waals surface area contributed by atoms with E-state index in [0.29, 0.717) is 41.3 Å². The Morgan fingerprint density at radius 2 is 1.84 bits per heavy atom. The van der Waals surface area contributed by atoms with Crippen molar-refractivity contribution in [3.8, 4) is 11.4 Å². The molecule has 43 heavy (non-hydrogen) atoms. The summed E-state index contributed by atoms with van der Waals surface area (Å²) in [5, 5.41) is 13.2. The molecule has 6 rings (SSSR count). The van der Waals surface area contributed by atoms with Gasteiger partial charge in [-0.1, -0.05) is 6.07 Å². The number of fused-ring (bicyclic) bond motifs is 2. The summed E-state index contributed by atoms with van der Waals surface area (Å²) in [6.45, 7) is 1.73. The Bertz CT molecular complexity index is 1860. The summed E-state index contributed by atoms with van der Waals surface area (Å²) in [6.07, 6.45) is -4.47. The number of carboxylic acids is 1. The van der Waals surface area contributed by atoms with Crippen molar-refractivity contribution in [1.29, 1.82) is 0 Å². The van der Waals surface area contributed by atoms with Crippen molar-refractivity contribution < 1.29 is 37.0 Å². The number of hydrogen-bond acceptors (Lipinski definition) is 6. The van der Waals surface area contributed by atoms with Crippen LogP contribution in [0.2, 0.25) is 0 Å². The number of anilines is 1. The fourth-order valence-electron chi connectivity index (χ4n) is 5.34. The summed E-state index contributed by atoms with van der Waals surface area (Å²) < 4.78 is 55.3. The Morgan fingerprint density at radius 1 is 1.07 bits per heavy atom. The molecule has 12 heteroatoms. The minimum Gasteiger partial charge on any atom is -0.484 e. The number of hydrogen-bond donors (Lipinski definition) is 1. The van der Waals surface area contributed by atoms with Crippen LogP contribution in [-0.4, -0.2) is 38.8 Å². The topological polar surface area (TPSA) is 111 Å². The van der Waals surface area contributed by atoms with Gasteiger partial charge in [0.2, 0.25) is 0 Å². The molecule has 0 unspecified atom stereocenters. The molecule has 0 fully saturated rings. The first-order valence-electron chi connectivity index (χ1n) is 13.4. The van der Waals surface area contributed by atoms with E-state index in [1.54, 1.807) is 50.4 Å². The van der Waals surface area contributed by atoms with Crippen molar-refractivity contribution in [1.82, 2.24) is 14.8 Å². The number of aryl methyl sites for hydroxylation is 1. The quantitative estimate of drug-likeness (QED) is 0.232. The average molecular weight is 591 g/mol. The summed E-state index contributed by atoms with van der Waals surface area (Å²) in [5.41, 5.74) is 1.58. The third kappa shape index (κ3) is 5.31. The number of carboxylic acid groups (broad SMARTS) is 1. The van der Waals surface area contributed by atoms with Gasteiger partial charge in [0.25, 0.3) is 5.91 Å². The highest BCUT2D eigenvalue weighted by atomic mass is 19.4. The standard InChI is InChI=1S/C31H25F3N4O5/c1-17-35-24-14-11-20(16-26(24)42-17)37(2)29(39)19-5-3-6-21(15-19)38-27-23(28(36-38)31(32,33)34)7-4-8-25(27)43-22-12-9-18(10-13-22)30(40)41/h3,5-6,9-16,25H,4,7-8H2,1-2H3,(H,40,41)/t25-/m0/s1. The molecular weight excluding hydrogens is 565 g/mol. The first-order valence-corrected chi connectivity index (χ1v) is 13.4. The van der Waals surface area contributed by atoms with E-state index in [0.717, 1.165) is 0 Å². The van der Waals surface area contributed by atoms with Crippen molar-refractivity contribution in [2.24, 2.45) is 0 Å². The highest BCUT2D eigenvalue weighted by Crippen LogP contribution is 2.42. The van der Waals surface area contributed by atoms with Crippen LogP contribution in [0.25, 0.3) is 16.8 Å². The molecule has 1 atom stereocenters. The van der Waals surface area contributed by atoms with Gasteiger partial charge in [0.15, 0.2) is 17.2 Å². The van der Waals surface area contributed by atoms with Crippen LogP contribution in [0.3, 0.4) is 0 Å². The van der Waals surface area contributed by atoms with E-state index < -0.39 is 23.9 Å². The van der Waals surface area contributed by atoms with Crippen LogP contribution in [0.5, 0.6) is 5.75 Å². The first kappa shape index (κ1) is 28.0. The lowest BCUT2D eigenvalue weighted by atomic mass is 9.92. The number of carbonyl (C=O) groups is 2. The first-order chi connectivity index (χ1) is 20.5. The third-order valence-corrected chi connectivity index (χ3v) is 7.38. The molecule has 5 aromatic rings. The van der Waals surface area contributed by atoms with Gasteiger partial charge < -0.3 is 19.2 Å². The molecule has 2 heterocycles. The van der Waals surface area contributed by atoms with Crippen LogP contribution in [-0.2, 0) is 12.6 Å². The summed E-state index contributed by atoms with van der Waals surface area (Å²) in [6, 6.07) is 17.1.